The first-order valence-corrected chi connectivity index (χ1v) is 10.3. The Morgan fingerprint density at radius 3 is 2.25 bits per heavy atom. The molecule has 2 amide bonds. The Balaban J connectivity index is 1.64. The molecule has 2 aromatic rings. The first-order valence-electron chi connectivity index (χ1n) is 10.3. The predicted molar refractivity (Wildman–Crippen MR) is 121 cm³/mol. The summed E-state index contributed by atoms with van der Waals surface area (Å²) in [4.78, 5) is 39.1. The van der Waals surface area contributed by atoms with Crippen LogP contribution in [0.4, 0.5) is 17.1 Å². The van der Waals surface area contributed by atoms with Gasteiger partial charge < -0.3 is 20.3 Å². The lowest BCUT2D eigenvalue weighted by Crippen LogP contribution is -2.45. The fourth-order valence-electron chi connectivity index (χ4n) is 3.47. The van der Waals surface area contributed by atoms with E-state index in [2.05, 4.69) is 15.5 Å². The van der Waals surface area contributed by atoms with Crippen molar-refractivity contribution in [3.8, 4) is 0 Å². The Labute approximate surface area is 186 Å². The van der Waals surface area contributed by atoms with Gasteiger partial charge >= 0.3 is 11.8 Å². The molecule has 3 rings (SSSR count). The van der Waals surface area contributed by atoms with Crippen LogP contribution in [-0.4, -0.2) is 68.6 Å². The predicted octanol–water partition coefficient (Wildman–Crippen LogP) is 1.79. The number of nitro benzene ring substituents is 1. The van der Waals surface area contributed by atoms with Crippen LogP contribution < -0.4 is 15.5 Å². The number of ether oxygens (including phenoxy) is 1. The summed E-state index contributed by atoms with van der Waals surface area (Å²) in [5.74, 6) is -1.60. The summed E-state index contributed by atoms with van der Waals surface area (Å²) in [7, 11) is 3.94. The number of nitrogens with one attached hydrogen (secondary N) is 2. The van der Waals surface area contributed by atoms with E-state index in [4.69, 9.17) is 4.74 Å². The van der Waals surface area contributed by atoms with Crippen molar-refractivity contribution < 1.29 is 19.2 Å². The van der Waals surface area contributed by atoms with E-state index in [1.165, 1.54) is 24.3 Å². The Morgan fingerprint density at radius 2 is 1.69 bits per heavy atom. The number of carbonyl (C=O) groups is 2. The van der Waals surface area contributed by atoms with Gasteiger partial charge in [0.15, 0.2) is 0 Å². The summed E-state index contributed by atoms with van der Waals surface area (Å²) in [6, 6.07) is 13.3. The van der Waals surface area contributed by atoms with E-state index in [1.54, 1.807) is 0 Å². The number of carbonyl (C=O) groups excluding carboxylic acids is 2. The molecule has 0 radical (unpaired) electrons. The maximum absolute atomic E-state index is 12.4. The normalized spacial score (nSPS) is 14.9. The van der Waals surface area contributed by atoms with E-state index >= 15 is 0 Å². The van der Waals surface area contributed by atoms with Crippen molar-refractivity contribution in [2.75, 3.05) is 57.2 Å². The molecule has 1 aliphatic rings. The molecule has 0 aromatic heterocycles. The highest BCUT2D eigenvalue weighted by Crippen LogP contribution is 2.24. The monoisotopic (exact) mass is 441 g/mol. The smallest absolute Gasteiger partial charge is 0.313 e. The van der Waals surface area contributed by atoms with Gasteiger partial charge in [0.1, 0.15) is 0 Å². The fraction of sp³-hybridized carbons (Fsp3) is 0.364. The van der Waals surface area contributed by atoms with Crippen LogP contribution in [0.5, 0.6) is 0 Å². The number of amides is 2. The molecule has 170 valence electrons. The van der Waals surface area contributed by atoms with Gasteiger partial charge in [0.05, 0.1) is 24.2 Å². The van der Waals surface area contributed by atoms with Crippen molar-refractivity contribution in [3.63, 3.8) is 0 Å². The number of nitrogens with zero attached hydrogens (tertiary/aromatic N) is 3. The quantitative estimate of drug-likeness (QED) is 0.382. The lowest BCUT2D eigenvalue weighted by atomic mass is 10.0. The average molecular weight is 441 g/mol. The van der Waals surface area contributed by atoms with Gasteiger partial charge in [0.2, 0.25) is 0 Å². The number of rotatable bonds is 7. The molecule has 1 atom stereocenters. The third-order valence-electron chi connectivity index (χ3n) is 5.28. The maximum atomic E-state index is 12.4. The van der Waals surface area contributed by atoms with E-state index in [0.29, 0.717) is 18.9 Å². The van der Waals surface area contributed by atoms with E-state index in [9.17, 15) is 19.7 Å². The number of hydrogen-bond donors (Lipinski definition) is 2. The summed E-state index contributed by atoms with van der Waals surface area (Å²) < 4.78 is 5.45. The van der Waals surface area contributed by atoms with Crippen molar-refractivity contribution in [3.05, 3.63) is 64.2 Å². The highest BCUT2D eigenvalue weighted by molar-refractivity contribution is 6.39. The third kappa shape index (κ3) is 6.02. The maximum Gasteiger partial charge on any atom is 0.313 e. The largest absolute Gasteiger partial charge is 0.379 e. The number of morpholine rings is 1. The first-order chi connectivity index (χ1) is 15.3. The SMILES string of the molecule is CN(C)c1ccc([C@@H](CNC(=O)C(=O)Nc2ccc([N+](=O)[O-])cc2)N2CCOCC2)cc1. The summed E-state index contributed by atoms with van der Waals surface area (Å²) >= 11 is 0. The molecule has 32 heavy (non-hydrogen) atoms. The Kier molecular flexibility index (Phi) is 7.74. The summed E-state index contributed by atoms with van der Waals surface area (Å²) in [5.41, 5.74) is 2.32. The molecule has 10 nitrogen and oxygen atoms in total. The van der Waals surface area contributed by atoms with Crippen LogP contribution in [0, 0.1) is 10.1 Å². The van der Waals surface area contributed by atoms with Crippen LogP contribution >= 0.6 is 0 Å². The minimum absolute atomic E-state index is 0.0962. The first kappa shape index (κ1) is 23.2. The van der Waals surface area contributed by atoms with E-state index < -0.39 is 16.7 Å². The van der Waals surface area contributed by atoms with Crippen LogP contribution in [0.3, 0.4) is 0 Å². The zero-order valence-electron chi connectivity index (χ0n) is 18.1. The van der Waals surface area contributed by atoms with Crippen molar-refractivity contribution in [2.24, 2.45) is 0 Å². The third-order valence-corrected chi connectivity index (χ3v) is 5.28. The van der Waals surface area contributed by atoms with Gasteiger partial charge in [-0.05, 0) is 29.8 Å². The van der Waals surface area contributed by atoms with Crippen LogP contribution in [0.25, 0.3) is 0 Å². The van der Waals surface area contributed by atoms with Crippen molar-refractivity contribution in [2.45, 2.75) is 6.04 Å². The van der Waals surface area contributed by atoms with Gasteiger partial charge in [-0.15, -0.1) is 0 Å². The second-order valence-corrected chi connectivity index (χ2v) is 7.62. The molecular formula is C22H27N5O5. The minimum atomic E-state index is -0.831. The highest BCUT2D eigenvalue weighted by Gasteiger charge is 2.24. The van der Waals surface area contributed by atoms with Gasteiger partial charge in [-0.2, -0.15) is 0 Å². The molecule has 1 fully saturated rings. The number of hydrogen-bond acceptors (Lipinski definition) is 7. The van der Waals surface area contributed by atoms with Crippen LogP contribution in [0.15, 0.2) is 48.5 Å². The molecule has 0 saturated carbocycles. The molecule has 0 bridgehead atoms. The summed E-state index contributed by atoms with van der Waals surface area (Å²) in [6.07, 6.45) is 0. The highest BCUT2D eigenvalue weighted by atomic mass is 16.6. The van der Waals surface area contributed by atoms with Crippen molar-refractivity contribution in [1.29, 1.82) is 0 Å². The molecule has 0 aliphatic carbocycles. The molecule has 1 saturated heterocycles. The number of nitro groups is 1. The van der Waals surface area contributed by atoms with Crippen LogP contribution in [0.1, 0.15) is 11.6 Å². The molecule has 2 N–H and O–H groups in total. The zero-order chi connectivity index (χ0) is 23.1. The Bertz CT molecular complexity index is 940. The van der Waals surface area contributed by atoms with E-state index in [1.807, 2.05) is 43.3 Å². The lowest BCUT2D eigenvalue weighted by molar-refractivity contribution is -0.384. The molecule has 10 heteroatoms. The lowest BCUT2D eigenvalue weighted by Gasteiger charge is -2.35. The van der Waals surface area contributed by atoms with Gasteiger partial charge in [-0.3, -0.25) is 24.6 Å². The molecule has 2 aromatic carbocycles. The summed E-state index contributed by atoms with van der Waals surface area (Å²) in [5, 5.41) is 15.9. The number of benzene rings is 2. The van der Waals surface area contributed by atoms with Crippen LogP contribution in [-0.2, 0) is 14.3 Å². The van der Waals surface area contributed by atoms with Gasteiger partial charge in [-0.25, -0.2) is 0 Å². The zero-order valence-corrected chi connectivity index (χ0v) is 18.1. The van der Waals surface area contributed by atoms with Crippen molar-refractivity contribution in [1.82, 2.24) is 10.2 Å². The van der Waals surface area contributed by atoms with Crippen LogP contribution in [0.2, 0.25) is 0 Å². The average Bonchev–Trinajstić information content (AvgIpc) is 2.80. The molecular weight excluding hydrogens is 414 g/mol. The van der Waals surface area contributed by atoms with E-state index in [-0.39, 0.29) is 18.3 Å². The van der Waals surface area contributed by atoms with Gasteiger partial charge in [0, 0.05) is 57.2 Å². The molecule has 0 unspecified atom stereocenters. The fourth-order valence-corrected chi connectivity index (χ4v) is 3.47. The second-order valence-electron chi connectivity index (χ2n) is 7.62. The summed E-state index contributed by atoms with van der Waals surface area (Å²) in [6.45, 7) is 2.94. The number of non-ortho nitro benzene ring substituents is 1. The van der Waals surface area contributed by atoms with Gasteiger partial charge in [0.25, 0.3) is 5.69 Å². The standard InChI is InChI=1S/C22H27N5O5/c1-25(2)18-7-3-16(4-8-18)20(26-11-13-32-14-12-26)15-23-21(28)22(29)24-17-5-9-19(10-6-17)27(30)31/h3-10,20H,11-15H2,1-2H3,(H,23,28)(H,24,29)/t20-/m1/s1. The molecule has 1 aliphatic heterocycles. The van der Waals surface area contributed by atoms with E-state index in [0.717, 1.165) is 24.3 Å². The topological polar surface area (TPSA) is 117 Å². The van der Waals surface area contributed by atoms with Crippen molar-refractivity contribution >= 4 is 28.9 Å². The molecule has 1 heterocycles. The number of anilines is 2. The minimum Gasteiger partial charge on any atom is -0.379 e. The Morgan fingerprint density at radius 1 is 1.06 bits per heavy atom. The second kappa shape index (κ2) is 10.7. The molecule has 0 spiro atoms. The Hall–Kier alpha value is -3.50. The van der Waals surface area contributed by atoms with Gasteiger partial charge in [-0.1, -0.05) is 12.1 Å².